The number of amides is 1. The predicted octanol–water partition coefficient (Wildman–Crippen LogP) is 6.13. The van der Waals surface area contributed by atoms with Crippen LogP contribution in [0.2, 0.25) is 0 Å². The predicted molar refractivity (Wildman–Crippen MR) is 146 cm³/mol. The standard InChI is InChI=1S/C31H32N2O5/c1-5-6-7-13-37-24-11-10-22(16-25(24)36-4)27-26-28(34)23-15-19(2)14-20(3)29(23)38-30(26)31(35)33(27)18-21-9-8-12-32-17-21/h8-12,14-17,27H,5-7,13,18H2,1-4H3. The fourth-order valence-electron chi connectivity index (χ4n) is 5.18. The smallest absolute Gasteiger partial charge is 0.291 e. The number of rotatable bonds is 9. The maximum Gasteiger partial charge on any atom is 0.291 e. The SMILES string of the molecule is CCCCCOc1ccc(C2c3c(oc4c(C)cc(C)cc4c3=O)C(=O)N2Cc2cccnc2)cc1OC. The Hall–Kier alpha value is -4.13. The van der Waals surface area contributed by atoms with E-state index in [9.17, 15) is 9.59 Å². The largest absolute Gasteiger partial charge is 0.493 e. The molecule has 0 radical (unpaired) electrons. The van der Waals surface area contributed by atoms with E-state index in [1.807, 2.05) is 56.3 Å². The Balaban J connectivity index is 1.65. The summed E-state index contributed by atoms with van der Waals surface area (Å²) in [6, 6.07) is 12.5. The van der Waals surface area contributed by atoms with Gasteiger partial charge in [0.25, 0.3) is 5.91 Å². The van der Waals surface area contributed by atoms with E-state index >= 15 is 0 Å². The lowest BCUT2D eigenvalue weighted by Crippen LogP contribution is -2.29. The van der Waals surface area contributed by atoms with Crippen LogP contribution >= 0.6 is 0 Å². The van der Waals surface area contributed by atoms with Crippen molar-refractivity contribution < 1.29 is 18.7 Å². The highest BCUT2D eigenvalue weighted by Crippen LogP contribution is 2.42. The fraction of sp³-hybridized carbons (Fsp3) is 0.323. The van der Waals surface area contributed by atoms with Gasteiger partial charge in [-0.05, 0) is 66.8 Å². The van der Waals surface area contributed by atoms with Crippen LogP contribution in [-0.2, 0) is 6.54 Å². The molecular weight excluding hydrogens is 480 g/mol. The second-order valence-corrected chi connectivity index (χ2v) is 9.80. The van der Waals surface area contributed by atoms with Crippen molar-refractivity contribution in [1.82, 2.24) is 9.88 Å². The van der Waals surface area contributed by atoms with Crippen LogP contribution < -0.4 is 14.9 Å². The van der Waals surface area contributed by atoms with Gasteiger partial charge < -0.3 is 18.8 Å². The maximum atomic E-state index is 14.0. The summed E-state index contributed by atoms with van der Waals surface area (Å²) in [6.45, 7) is 6.85. The second-order valence-electron chi connectivity index (χ2n) is 9.80. The van der Waals surface area contributed by atoms with Gasteiger partial charge in [-0.1, -0.05) is 38.0 Å². The molecule has 1 atom stereocenters. The van der Waals surface area contributed by atoms with E-state index < -0.39 is 6.04 Å². The van der Waals surface area contributed by atoms with Crippen molar-refractivity contribution in [3.8, 4) is 11.5 Å². The number of carbonyl (C=O) groups excluding carboxylic acids is 1. The van der Waals surface area contributed by atoms with Crippen molar-refractivity contribution >= 4 is 16.9 Å². The Kier molecular flexibility index (Phi) is 7.18. The van der Waals surface area contributed by atoms with Crippen LogP contribution in [0, 0.1) is 13.8 Å². The molecule has 7 heteroatoms. The highest BCUT2D eigenvalue weighted by Gasteiger charge is 2.43. The summed E-state index contributed by atoms with van der Waals surface area (Å²) >= 11 is 0. The van der Waals surface area contributed by atoms with Crippen molar-refractivity contribution in [1.29, 1.82) is 0 Å². The van der Waals surface area contributed by atoms with Gasteiger partial charge in [-0.2, -0.15) is 0 Å². The molecule has 0 saturated heterocycles. The summed E-state index contributed by atoms with van der Waals surface area (Å²) in [5, 5.41) is 0.477. The molecule has 2 aromatic heterocycles. The lowest BCUT2D eigenvalue weighted by molar-refractivity contribution is 0.0714. The van der Waals surface area contributed by atoms with E-state index in [4.69, 9.17) is 13.9 Å². The molecule has 38 heavy (non-hydrogen) atoms. The number of nitrogens with zero attached hydrogens (tertiary/aromatic N) is 2. The highest BCUT2D eigenvalue weighted by atomic mass is 16.5. The first-order chi connectivity index (χ1) is 18.4. The molecule has 7 nitrogen and oxygen atoms in total. The highest BCUT2D eigenvalue weighted by molar-refractivity contribution is 5.99. The molecule has 0 aliphatic carbocycles. The summed E-state index contributed by atoms with van der Waals surface area (Å²) < 4.78 is 17.8. The fourth-order valence-corrected chi connectivity index (χ4v) is 5.18. The number of unbranched alkanes of at least 4 members (excludes halogenated alkanes) is 2. The molecule has 1 amide bonds. The molecule has 196 valence electrons. The van der Waals surface area contributed by atoms with Gasteiger partial charge >= 0.3 is 0 Å². The first-order valence-electron chi connectivity index (χ1n) is 13.0. The molecule has 0 saturated carbocycles. The van der Waals surface area contributed by atoms with E-state index in [1.165, 1.54) is 0 Å². The quantitative estimate of drug-likeness (QED) is 0.251. The summed E-state index contributed by atoms with van der Waals surface area (Å²) in [7, 11) is 1.59. The van der Waals surface area contributed by atoms with Gasteiger partial charge in [-0.25, -0.2) is 0 Å². The van der Waals surface area contributed by atoms with Gasteiger partial charge in [0.05, 0.1) is 30.7 Å². The number of aromatic nitrogens is 1. The number of fused-ring (bicyclic) bond motifs is 2. The van der Waals surface area contributed by atoms with Crippen molar-refractivity contribution in [3.05, 3.63) is 98.7 Å². The third-order valence-electron chi connectivity index (χ3n) is 6.98. The van der Waals surface area contributed by atoms with Crippen molar-refractivity contribution in [2.24, 2.45) is 0 Å². The van der Waals surface area contributed by atoms with Crippen LogP contribution in [0.25, 0.3) is 11.0 Å². The van der Waals surface area contributed by atoms with Crippen molar-refractivity contribution in [3.63, 3.8) is 0 Å². The van der Waals surface area contributed by atoms with Gasteiger partial charge in [-0.3, -0.25) is 14.6 Å². The Labute approximate surface area is 222 Å². The molecule has 2 aromatic carbocycles. The monoisotopic (exact) mass is 512 g/mol. The van der Waals surface area contributed by atoms with Crippen LogP contribution in [0.1, 0.15) is 70.6 Å². The number of ether oxygens (including phenoxy) is 2. The van der Waals surface area contributed by atoms with E-state index in [0.717, 1.165) is 41.5 Å². The van der Waals surface area contributed by atoms with E-state index in [1.54, 1.807) is 24.4 Å². The number of benzene rings is 2. The molecule has 0 fully saturated rings. The zero-order valence-corrected chi connectivity index (χ0v) is 22.2. The average Bonchev–Trinajstić information content (AvgIpc) is 3.19. The Morgan fingerprint density at radius 3 is 2.63 bits per heavy atom. The maximum absolute atomic E-state index is 14.0. The number of carbonyl (C=O) groups is 1. The number of hydrogen-bond acceptors (Lipinski definition) is 6. The molecule has 0 bridgehead atoms. The van der Waals surface area contributed by atoms with Gasteiger partial charge in [0.1, 0.15) is 5.58 Å². The first-order valence-corrected chi connectivity index (χ1v) is 13.0. The molecule has 5 rings (SSSR count). The zero-order valence-electron chi connectivity index (χ0n) is 22.2. The second kappa shape index (κ2) is 10.7. The molecule has 1 unspecified atom stereocenters. The summed E-state index contributed by atoms with van der Waals surface area (Å²) in [4.78, 5) is 33.6. The summed E-state index contributed by atoms with van der Waals surface area (Å²) in [5.41, 5.74) is 3.97. The zero-order chi connectivity index (χ0) is 26.8. The molecule has 0 spiro atoms. The number of hydrogen-bond donors (Lipinski definition) is 0. The normalized spacial score (nSPS) is 14.7. The Morgan fingerprint density at radius 1 is 1.05 bits per heavy atom. The molecule has 4 aromatic rings. The Bertz CT molecular complexity index is 1540. The lowest BCUT2D eigenvalue weighted by atomic mass is 9.97. The van der Waals surface area contributed by atoms with Gasteiger partial charge in [-0.15, -0.1) is 0 Å². The van der Waals surface area contributed by atoms with Crippen LogP contribution in [0.4, 0.5) is 0 Å². The van der Waals surface area contributed by atoms with Crippen molar-refractivity contribution in [2.45, 2.75) is 52.6 Å². The van der Waals surface area contributed by atoms with E-state index in [0.29, 0.717) is 34.6 Å². The molecule has 3 heterocycles. The van der Waals surface area contributed by atoms with Gasteiger partial charge in [0, 0.05) is 18.9 Å². The van der Waals surface area contributed by atoms with Crippen LogP contribution in [0.5, 0.6) is 11.5 Å². The van der Waals surface area contributed by atoms with Crippen molar-refractivity contribution in [2.75, 3.05) is 13.7 Å². The average molecular weight is 513 g/mol. The van der Waals surface area contributed by atoms with E-state index in [-0.39, 0.29) is 23.6 Å². The lowest BCUT2D eigenvalue weighted by Gasteiger charge is -2.26. The number of aryl methyl sites for hydroxylation is 2. The topological polar surface area (TPSA) is 81.9 Å². The molecular formula is C31H32N2O5. The minimum atomic E-state index is -0.651. The van der Waals surface area contributed by atoms with Crippen LogP contribution in [0.3, 0.4) is 0 Å². The van der Waals surface area contributed by atoms with Gasteiger partial charge in [0.15, 0.2) is 16.9 Å². The summed E-state index contributed by atoms with van der Waals surface area (Å²) in [6.07, 6.45) is 6.57. The third-order valence-corrected chi connectivity index (χ3v) is 6.98. The summed E-state index contributed by atoms with van der Waals surface area (Å²) in [5.74, 6) is 0.944. The first kappa shape index (κ1) is 25.5. The molecule has 1 aliphatic rings. The number of methoxy groups -OCH3 is 1. The van der Waals surface area contributed by atoms with Gasteiger partial charge in [0.2, 0.25) is 5.76 Å². The van der Waals surface area contributed by atoms with E-state index in [2.05, 4.69) is 11.9 Å². The Morgan fingerprint density at radius 2 is 1.89 bits per heavy atom. The number of pyridine rings is 1. The third kappa shape index (κ3) is 4.64. The van der Waals surface area contributed by atoms with Crippen LogP contribution in [-0.4, -0.2) is 29.5 Å². The van der Waals surface area contributed by atoms with Crippen LogP contribution in [0.15, 0.2) is 64.1 Å². The minimum absolute atomic E-state index is 0.0854. The molecule has 1 aliphatic heterocycles. The molecule has 0 N–H and O–H groups in total. The minimum Gasteiger partial charge on any atom is -0.493 e.